The molecule has 0 aliphatic heterocycles. The fourth-order valence-electron chi connectivity index (χ4n) is 2.73. The highest BCUT2D eigenvalue weighted by Gasteiger charge is 2.28. The molecule has 1 heterocycles. The first-order chi connectivity index (χ1) is 11.1. The number of nitrogens with one attached hydrogen (secondary N) is 1. The molecular weight excluding hydrogens is 312 g/mol. The quantitative estimate of drug-likeness (QED) is 0.806. The van der Waals surface area contributed by atoms with Gasteiger partial charge in [0.2, 0.25) is 5.91 Å². The van der Waals surface area contributed by atoms with Crippen LogP contribution in [-0.4, -0.2) is 27.2 Å². The summed E-state index contributed by atoms with van der Waals surface area (Å²) in [6, 6.07) is 7.92. The van der Waals surface area contributed by atoms with Crippen molar-refractivity contribution >= 4 is 17.5 Å². The van der Waals surface area contributed by atoms with Crippen molar-refractivity contribution in [3.05, 3.63) is 47.5 Å². The summed E-state index contributed by atoms with van der Waals surface area (Å²) >= 11 is 5.98. The molecule has 0 unspecified atom stereocenters. The van der Waals surface area contributed by atoms with Gasteiger partial charge in [-0.2, -0.15) is 5.10 Å². The topological polar surface area (TPSA) is 59.8 Å². The molecule has 1 aromatic heterocycles. The van der Waals surface area contributed by atoms with Gasteiger partial charge in [0.25, 0.3) is 0 Å². The fourth-order valence-corrected chi connectivity index (χ4v) is 2.86. The molecule has 0 fully saturated rings. The summed E-state index contributed by atoms with van der Waals surface area (Å²) in [5.41, 5.74) is 1.15. The summed E-state index contributed by atoms with van der Waals surface area (Å²) in [5.74, 6) is 0.0285. The first kappa shape index (κ1) is 17.5. The van der Waals surface area contributed by atoms with E-state index in [1.807, 2.05) is 12.1 Å². The lowest BCUT2D eigenvalue weighted by Gasteiger charge is -2.32. The highest BCUT2D eigenvalue weighted by molar-refractivity contribution is 6.30. The Bertz CT molecular complexity index is 606. The third-order valence-corrected chi connectivity index (χ3v) is 4.72. The third-order valence-electron chi connectivity index (χ3n) is 4.47. The maximum Gasteiger partial charge on any atom is 0.221 e. The summed E-state index contributed by atoms with van der Waals surface area (Å²) in [6.07, 6.45) is 5.39. The molecule has 0 radical (unpaired) electrons. The van der Waals surface area contributed by atoms with E-state index in [9.17, 15) is 4.79 Å². The van der Waals surface area contributed by atoms with Crippen LogP contribution in [0.5, 0.6) is 0 Å². The predicted octanol–water partition coefficient (Wildman–Crippen LogP) is 3.20. The number of carbonyl (C=O) groups excluding carboxylic acids is 1. The van der Waals surface area contributed by atoms with Gasteiger partial charge in [0.1, 0.15) is 12.7 Å². The molecule has 0 spiro atoms. The van der Waals surface area contributed by atoms with Crippen LogP contribution in [0, 0.1) is 0 Å². The molecule has 0 aliphatic carbocycles. The molecule has 2 aromatic rings. The number of aromatic nitrogens is 3. The second kappa shape index (κ2) is 8.11. The molecule has 2 rings (SSSR count). The van der Waals surface area contributed by atoms with E-state index in [0.717, 1.165) is 17.9 Å². The number of halogens is 1. The molecule has 1 N–H and O–H groups in total. The Hall–Kier alpha value is -1.88. The standard InChI is InChI=1S/C17H23ClN4O/c1-3-17(4-2,14-5-7-15(18)8-6-14)11-20-16(23)9-10-22-13-19-12-21-22/h5-8,12-13H,3-4,9-11H2,1-2H3,(H,20,23). The van der Waals surface area contributed by atoms with Gasteiger partial charge in [-0.15, -0.1) is 0 Å². The molecule has 1 amide bonds. The summed E-state index contributed by atoms with van der Waals surface area (Å²) in [6.45, 7) is 5.47. The van der Waals surface area contributed by atoms with Crippen LogP contribution in [0.1, 0.15) is 38.7 Å². The number of benzene rings is 1. The largest absolute Gasteiger partial charge is 0.355 e. The van der Waals surface area contributed by atoms with E-state index in [1.165, 1.54) is 11.9 Å². The minimum absolute atomic E-state index is 0.0285. The van der Waals surface area contributed by atoms with Crippen LogP contribution in [0.15, 0.2) is 36.9 Å². The van der Waals surface area contributed by atoms with E-state index >= 15 is 0 Å². The third kappa shape index (κ3) is 4.55. The molecule has 5 nitrogen and oxygen atoms in total. The monoisotopic (exact) mass is 334 g/mol. The SMILES string of the molecule is CCC(CC)(CNC(=O)CCn1cncn1)c1ccc(Cl)cc1. The lowest BCUT2D eigenvalue weighted by molar-refractivity contribution is -0.121. The Morgan fingerprint density at radius 1 is 1.26 bits per heavy atom. The summed E-state index contributed by atoms with van der Waals surface area (Å²) in [7, 11) is 0. The van der Waals surface area contributed by atoms with Gasteiger partial charge in [-0.1, -0.05) is 37.6 Å². The van der Waals surface area contributed by atoms with Crippen molar-refractivity contribution in [2.24, 2.45) is 0 Å². The van der Waals surface area contributed by atoms with Gasteiger partial charge in [0, 0.05) is 23.4 Å². The fraction of sp³-hybridized carbons (Fsp3) is 0.471. The van der Waals surface area contributed by atoms with E-state index in [0.29, 0.717) is 19.5 Å². The molecule has 0 aliphatic rings. The van der Waals surface area contributed by atoms with Crippen molar-refractivity contribution < 1.29 is 4.79 Å². The summed E-state index contributed by atoms with van der Waals surface area (Å²) in [4.78, 5) is 16.0. The van der Waals surface area contributed by atoms with Gasteiger partial charge in [0.05, 0.1) is 6.54 Å². The highest BCUT2D eigenvalue weighted by Crippen LogP contribution is 2.31. The Morgan fingerprint density at radius 2 is 1.96 bits per heavy atom. The normalized spacial score (nSPS) is 11.4. The lowest BCUT2D eigenvalue weighted by Crippen LogP contribution is -2.40. The van der Waals surface area contributed by atoms with Crippen molar-refractivity contribution in [3.8, 4) is 0 Å². The van der Waals surface area contributed by atoms with Crippen molar-refractivity contribution in [1.29, 1.82) is 0 Å². The van der Waals surface area contributed by atoms with Gasteiger partial charge in [-0.3, -0.25) is 9.48 Å². The molecular formula is C17H23ClN4O. The summed E-state index contributed by atoms with van der Waals surface area (Å²) in [5, 5.41) is 7.79. The van der Waals surface area contributed by atoms with E-state index in [1.54, 1.807) is 11.0 Å². The molecule has 0 saturated carbocycles. The van der Waals surface area contributed by atoms with Crippen molar-refractivity contribution in [2.75, 3.05) is 6.54 Å². The van der Waals surface area contributed by atoms with E-state index in [-0.39, 0.29) is 11.3 Å². The molecule has 124 valence electrons. The highest BCUT2D eigenvalue weighted by atomic mass is 35.5. The zero-order valence-corrected chi connectivity index (χ0v) is 14.4. The maximum absolute atomic E-state index is 12.1. The maximum atomic E-state index is 12.1. The minimum Gasteiger partial charge on any atom is -0.355 e. The number of hydrogen-bond donors (Lipinski definition) is 1. The van der Waals surface area contributed by atoms with Crippen LogP contribution in [-0.2, 0) is 16.8 Å². The zero-order chi connectivity index (χ0) is 16.7. The van der Waals surface area contributed by atoms with Gasteiger partial charge >= 0.3 is 0 Å². The molecule has 0 bridgehead atoms. The van der Waals surface area contributed by atoms with Gasteiger partial charge in [-0.25, -0.2) is 4.98 Å². The number of hydrogen-bond acceptors (Lipinski definition) is 3. The van der Waals surface area contributed by atoms with Gasteiger partial charge < -0.3 is 5.32 Å². The van der Waals surface area contributed by atoms with Crippen LogP contribution >= 0.6 is 11.6 Å². The van der Waals surface area contributed by atoms with E-state index < -0.39 is 0 Å². The van der Waals surface area contributed by atoms with Crippen LogP contribution in [0.2, 0.25) is 5.02 Å². The Kier molecular flexibility index (Phi) is 6.16. The molecule has 0 saturated heterocycles. The van der Waals surface area contributed by atoms with Crippen molar-refractivity contribution in [1.82, 2.24) is 20.1 Å². The van der Waals surface area contributed by atoms with Gasteiger partial charge in [0.15, 0.2) is 0 Å². The number of aryl methyl sites for hydroxylation is 1. The van der Waals surface area contributed by atoms with E-state index in [4.69, 9.17) is 11.6 Å². The average Bonchev–Trinajstić information content (AvgIpc) is 3.09. The van der Waals surface area contributed by atoms with Crippen LogP contribution in [0.4, 0.5) is 0 Å². The van der Waals surface area contributed by atoms with Crippen LogP contribution < -0.4 is 5.32 Å². The molecule has 1 aromatic carbocycles. The number of rotatable bonds is 8. The second-order valence-corrected chi connectivity index (χ2v) is 6.12. The number of carbonyl (C=O) groups is 1. The zero-order valence-electron chi connectivity index (χ0n) is 13.6. The number of nitrogens with zero attached hydrogens (tertiary/aromatic N) is 3. The second-order valence-electron chi connectivity index (χ2n) is 5.68. The average molecular weight is 335 g/mol. The van der Waals surface area contributed by atoms with Gasteiger partial charge in [-0.05, 0) is 30.5 Å². The van der Waals surface area contributed by atoms with Crippen LogP contribution in [0.3, 0.4) is 0 Å². The Morgan fingerprint density at radius 3 is 2.52 bits per heavy atom. The molecule has 23 heavy (non-hydrogen) atoms. The van der Waals surface area contributed by atoms with Crippen LogP contribution in [0.25, 0.3) is 0 Å². The van der Waals surface area contributed by atoms with Crippen molar-refractivity contribution in [3.63, 3.8) is 0 Å². The Balaban J connectivity index is 1.96. The van der Waals surface area contributed by atoms with E-state index in [2.05, 4.69) is 41.4 Å². The Labute approximate surface area is 142 Å². The predicted molar refractivity (Wildman–Crippen MR) is 91.4 cm³/mol. The minimum atomic E-state index is -0.0620. The smallest absolute Gasteiger partial charge is 0.221 e. The summed E-state index contributed by atoms with van der Waals surface area (Å²) < 4.78 is 1.66. The first-order valence-corrected chi connectivity index (χ1v) is 8.32. The first-order valence-electron chi connectivity index (χ1n) is 7.95. The number of amides is 1. The van der Waals surface area contributed by atoms with Crippen molar-refractivity contribution in [2.45, 2.75) is 45.1 Å². The molecule has 0 atom stereocenters. The lowest BCUT2D eigenvalue weighted by atomic mass is 9.76. The molecule has 6 heteroatoms.